The number of rotatable bonds is 2. The highest BCUT2D eigenvalue weighted by molar-refractivity contribution is 6.33. The Morgan fingerprint density at radius 2 is 2.35 bits per heavy atom. The average Bonchev–Trinajstić information content (AvgIpc) is 2.29. The van der Waals surface area contributed by atoms with Crippen LogP contribution in [0.5, 0.6) is 0 Å². The Labute approximate surface area is 106 Å². The second-order valence-electron chi connectivity index (χ2n) is 4.36. The summed E-state index contributed by atoms with van der Waals surface area (Å²) in [6.07, 6.45) is 1.96. The van der Waals surface area contributed by atoms with E-state index < -0.39 is 0 Å². The van der Waals surface area contributed by atoms with Crippen LogP contribution in [0.3, 0.4) is 0 Å². The Morgan fingerprint density at radius 3 is 3.00 bits per heavy atom. The molecule has 0 saturated carbocycles. The van der Waals surface area contributed by atoms with Gasteiger partial charge in [-0.15, -0.1) is 0 Å². The fourth-order valence-electron chi connectivity index (χ4n) is 2.18. The lowest BCUT2D eigenvalue weighted by molar-refractivity contribution is 0.154. The van der Waals surface area contributed by atoms with Crippen LogP contribution in [0.2, 0.25) is 5.02 Å². The van der Waals surface area contributed by atoms with Crippen LogP contribution < -0.4 is 4.90 Å². The molecule has 0 aliphatic carbocycles. The summed E-state index contributed by atoms with van der Waals surface area (Å²) < 4.78 is 0. The Balaban J connectivity index is 2.18. The number of hydrogen-bond acceptors (Lipinski definition) is 3. The average molecular weight is 251 g/mol. The molecule has 0 radical (unpaired) electrons. The van der Waals surface area contributed by atoms with Crippen molar-refractivity contribution in [3.05, 3.63) is 28.8 Å². The number of hydrogen-bond donors (Lipinski definition) is 1. The lowest BCUT2D eigenvalue weighted by atomic mass is 10.1. The van der Waals surface area contributed by atoms with Crippen molar-refractivity contribution in [1.29, 1.82) is 5.26 Å². The molecule has 17 heavy (non-hydrogen) atoms. The maximum atomic E-state index is 9.64. The predicted molar refractivity (Wildman–Crippen MR) is 68.2 cm³/mol. The summed E-state index contributed by atoms with van der Waals surface area (Å²) in [5.74, 6) is 0. The zero-order chi connectivity index (χ0) is 12.3. The summed E-state index contributed by atoms with van der Waals surface area (Å²) in [5.41, 5.74) is 1.88. The van der Waals surface area contributed by atoms with E-state index in [1.807, 2.05) is 18.2 Å². The van der Waals surface area contributed by atoms with Crippen molar-refractivity contribution >= 4 is 17.3 Å². The van der Waals surface area contributed by atoms with E-state index in [0.29, 0.717) is 18.0 Å². The van der Waals surface area contributed by atoms with Crippen LogP contribution in [0.4, 0.5) is 5.69 Å². The highest BCUT2D eigenvalue weighted by atomic mass is 35.5. The fraction of sp³-hybridized carbons (Fsp3) is 0.462. The summed E-state index contributed by atoms with van der Waals surface area (Å²) in [4.78, 5) is 2.10. The van der Waals surface area contributed by atoms with Crippen molar-refractivity contribution in [2.45, 2.75) is 25.4 Å². The van der Waals surface area contributed by atoms with E-state index >= 15 is 0 Å². The quantitative estimate of drug-likeness (QED) is 0.877. The maximum absolute atomic E-state index is 9.64. The van der Waals surface area contributed by atoms with Gasteiger partial charge in [0.1, 0.15) is 0 Å². The zero-order valence-corrected chi connectivity index (χ0v) is 10.3. The first-order valence-electron chi connectivity index (χ1n) is 5.79. The minimum absolute atomic E-state index is 0.265. The first kappa shape index (κ1) is 12.2. The SMILES string of the molecule is N#CCc1ccc(N2CCCC(O)C2)c(Cl)c1. The van der Waals surface area contributed by atoms with Crippen LogP contribution in [-0.4, -0.2) is 24.3 Å². The molecule has 1 unspecified atom stereocenters. The van der Waals surface area contributed by atoms with Gasteiger partial charge in [-0.1, -0.05) is 17.7 Å². The topological polar surface area (TPSA) is 47.3 Å². The second-order valence-corrected chi connectivity index (χ2v) is 4.77. The summed E-state index contributed by atoms with van der Waals surface area (Å²) in [6, 6.07) is 7.80. The molecule has 1 saturated heterocycles. The van der Waals surface area contributed by atoms with Gasteiger partial charge in [-0.05, 0) is 30.5 Å². The van der Waals surface area contributed by atoms with Crippen molar-refractivity contribution in [2.24, 2.45) is 0 Å². The number of aliphatic hydroxyl groups excluding tert-OH is 1. The highest BCUT2D eigenvalue weighted by Crippen LogP contribution is 2.29. The summed E-state index contributed by atoms with van der Waals surface area (Å²) in [5, 5.41) is 18.9. The van der Waals surface area contributed by atoms with Gasteiger partial charge in [-0.3, -0.25) is 0 Å². The van der Waals surface area contributed by atoms with Crippen LogP contribution in [0.25, 0.3) is 0 Å². The number of β-amino-alcohol motifs (C(OH)–C–C–N with tert-alkyl or cyclic N) is 1. The molecule has 0 aromatic heterocycles. The van der Waals surface area contributed by atoms with Gasteiger partial charge in [0.15, 0.2) is 0 Å². The molecule has 0 bridgehead atoms. The van der Waals surface area contributed by atoms with Gasteiger partial charge in [-0.25, -0.2) is 0 Å². The molecule has 1 atom stereocenters. The third kappa shape index (κ3) is 2.91. The van der Waals surface area contributed by atoms with Crippen molar-refractivity contribution in [3.8, 4) is 6.07 Å². The second kappa shape index (κ2) is 5.39. The Bertz CT molecular complexity index is 442. The number of benzene rings is 1. The third-order valence-corrected chi connectivity index (χ3v) is 3.34. The molecule has 1 fully saturated rings. The van der Waals surface area contributed by atoms with Gasteiger partial charge in [0.05, 0.1) is 29.3 Å². The number of aliphatic hydroxyl groups is 1. The molecular weight excluding hydrogens is 236 g/mol. The molecule has 1 aliphatic heterocycles. The molecule has 3 nitrogen and oxygen atoms in total. The minimum Gasteiger partial charge on any atom is -0.391 e. The van der Waals surface area contributed by atoms with Crippen LogP contribution >= 0.6 is 11.6 Å². The molecule has 1 aromatic rings. The van der Waals surface area contributed by atoms with Crippen LogP contribution in [0.15, 0.2) is 18.2 Å². The first-order chi connectivity index (χ1) is 8.20. The van der Waals surface area contributed by atoms with Crippen LogP contribution in [0, 0.1) is 11.3 Å². The molecule has 0 spiro atoms. The Morgan fingerprint density at radius 1 is 1.53 bits per heavy atom. The van der Waals surface area contributed by atoms with Gasteiger partial charge in [0, 0.05) is 13.1 Å². The largest absolute Gasteiger partial charge is 0.391 e. The number of anilines is 1. The van der Waals surface area contributed by atoms with Crippen LogP contribution in [-0.2, 0) is 6.42 Å². The molecule has 0 amide bonds. The van der Waals surface area contributed by atoms with Crippen LogP contribution in [0.1, 0.15) is 18.4 Å². The van der Waals surface area contributed by atoms with Crippen molar-refractivity contribution in [1.82, 2.24) is 0 Å². The van der Waals surface area contributed by atoms with Crippen molar-refractivity contribution in [2.75, 3.05) is 18.0 Å². The molecule has 1 heterocycles. The van der Waals surface area contributed by atoms with Gasteiger partial charge in [0.2, 0.25) is 0 Å². The molecular formula is C13H15ClN2O. The standard InChI is InChI=1S/C13H15ClN2O/c14-12-8-10(5-6-15)3-4-13(12)16-7-1-2-11(17)9-16/h3-4,8,11,17H,1-2,5,7,9H2. The summed E-state index contributed by atoms with van der Waals surface area (Å²) >= 11 is 6.21. The molecule has 90 valence electrons. The Kier molecular flexibility index (Phi) is 3.88. The maximum Gasteiger partial charge on any atom is 0.0715 e. The number of nitriles is 1. The summed E-state index contributed by atoms with van der Waals surface area (Å²) in [6.45, 7) is 1.56. The van der Waals surface area contributed by atoms with E-state index in [1.165, 1.54) is 0 Å². The lowest BCUT2D eigenvalue weighted by Gasteiger charge is -2.32. The molecule has 1 N–H and O–H groups in total. The van der Waals surface area contributed by atoms with E-state index in [2.05, 4.69) is 11.0 Å². The van der Waals surface area contributed by atoms with Crippen molar-refractivity contribution < 1.29 is 5.11 Å². The lowest BCUT2D eigenvalue weighted by Crippen LogP contribution is -2.38. The van der Waals surface area contributed by atoms with Gasteiger partial charge in [0.25, 0.3) is 0 Å². The zero-order valence-electron chi connectivity index (χ0n) is 9.56. The molecule has 4 heteroatoms. The van der Waals surface area contributed by atoms with Crippen molar-refractivity contribution in [3.63, 3.8) is 0 Å². The van der Waals surface area contributed by atoms with E-state index in [1.54, 1.807) is 0 Å². The van der Waals surface area contributed by atoms with E-state index in [0.717, 1.165) is 30.6 Å². The molecule has 1 aliphatic rings. The van der Waals surface area contributed by atoms with E-state index in [9.17, 15) is 5.11 Å². The smallest absolute Gasteiger partial charge is 0.0715 e. The monoisotopic (exact) mass is 250 g/mol. The van der Waals surface area contributed by atoms with Gasteiger partial charge < -0.3 is 10.0 Å². The molecule has 1 aromatic carbocycles. The van der Waals surface area contributed by atoms with E-state index in [-0.39, 0.29) is 6.10 Å². The van der Waals surface area contributed by atoms with Gasteiger partial charge in [-0.2, -0.15) is 5.26 Å². The predicted octanol–water partition coefficient (Wildman–Crippen LogP) is 2.37. The highest BCUT2D eigenvalue weighted by Gasteiger charge is 2.19. The fourth-order valence-corrected chi connectivity index (χ4v) is 2.50. The third-order valence-electron chi connectivity index (χ3n) is 3.03. The number of halogens is 1. The Hall–Kier alpha value is -1.24. The normalized spacial score (nSPS) is 20.1. The minimum atomic E-state index is -0.265. The van der Waals surface area contributed by atoms with Gasteiger partial charge >= 0.3 is 0 Å². The summed E-state index contributed by atoms with van der Waals surface area (Å²) in [7, 11) is 0. The van der Waals surface area contributed by atoms with E-state index in [4.69, 9.17) is 16.9 Å². The first-order valence-corrected chi connectivity index (χ1v) is 6.17. The number of nitrogens with zero attached hydrogens (tertiary/aromatic N) is 2. The number of piperidine rings is 1. The molecule has 2 rings (SSSR count).